The fraction of sp³-hybridized carbons (Fsp3) is 0.348. The van der Waals surface area contributed by atoms with Gasteiger partial charge in [0.2, 0.25) is 5.91 Å². The van der Waals surface area contributed by atoms with Gasteiger partial charge in [0.05, 0.1) is 6.42 Å². The summed E-state index contributed by atoms with van der Waals surface area (Å²) in [4.78, 5) is 35.5. The zero-order valence-electron chi connectivity index (χ0n) is 17.6. The van der Waals surface area contributed by atoms with Gasteiger partial charge in [0.25, 0.3) is 12.4 Å². The number of hydrogen-bond acceptors (Lipinski definition) is 4. The lowest BCUT2D eigenvalue weighted by atomic mass is 10.1. The number of rotatable bonds is 7. The molecule has 0 bridgehead atoms. The highest BCUT2D eigenvalue weighted by atomic mass is 35.5. The predicted molar refractivity (Wildman–Crippen MR) is 122 cm³/mol. The van der Waals surface area contributed by atoms with Crippen LogP contribution in [0.4, 0.5) is 5.69 Å². The summed E-state index contributed by atoms with van der Waals surface area (Å²) in [5.74, 6) is -0.246. The maximum atomic E-state index is 12.4. The first-order valence-corrected chi connectivity index (χ1v) is 10.5. The molecule has 1 aliphatic heterocycles. The van der Waals surface area contributed by atoms with Gasteiger partial charge in [-0.15, -0.1) is 0 Å². The van der Waals surface area contributed by atoms with Gasteiger partial charge < -0.3 is 20.6 Å². The zero-order chi connectivity index (χ0) is 22.6. The van der Waals surface area contributed by atoms with Crippen LogP contribution in [0.1, 0.15) is 34.3 Å². The number of anilines is 1. The Morgan fingerprint density at radius 1 is 1.13 bits per heavy atom. The average Bonchev–Trinajstić information content (AvgIpc) is 3.25. The van der Waals surface area contributed by atoms with E-state index in [1.54, 1.807) is 24.3 Å². The lowest BCUT2D eigenvalue weighted by Gasteiger charge is -2.15. The van der Waals surface area contributed by atoms with Crippen LogP contribution < -0.4 is 10.6 Å². The van der Waals surface area contributed by atoms with Crippen molar-refractivity contribution in [1.29, 1.82) is 0 Å². The van der Waals surface area contributed by atoms with Crippen molar-refractivity contribution in [3.63, 3.8) is 0 Å². The van der Waals surface area contributed by atoms with E-state index in [9.17, 15) is 9.59 Å². The van der Waals surface area contributed by atoms with Gasteiger partial charge in [-0.05, 0) is 68.2 Å². The number of hydrogen-bond donors (Lipinski definition) is 3. The van der Waals surface area contributed by atoms with E-state index in [1.165, 1.54) is 12.8 Å². The van der Waals surface area contributed by atoms with Gasteiger partial charge in [0.15, 0.2) is 0 Å². The van der Waals surface area contributed by atoms with Gasteiger partial charge in [-0.1, -0.05) is 29.8 Å². The number of halogens is 1. The second kappa shape index (κ2) is 12.7. The molecule has 1 saturated heterocycles. The Hall–Kier alpha value is -2.90. The molecule has 0 saturated carbocycles. The first-order valence-electron chi connectivity index (χ1n) is 10.2. The Morgan fingerprint density at radius 3 is 2.42 bits per heavy atom. The Labute approximate surface area is 187 Å². The summed E-state index contributed by atoms with van der Waals surface area (Å²) in [6, 6.07) is 12.6. The van der Waals surface area contributed by atoms with E-state index < -0.39 is 0 Å². The zero-order valence-corrected chi connectivity index (χ0v) is 18.3. The van der Waals surface area contributed by atoms with E-state index in [-0.39, 0.29) is 24.7 Å². The van der Waals surface area contributed by atoms with Gasteiger partial charge in [0.1, 0.15) is 0 Å². The Kier molecular flexibility index (Phi) is 10.00. The average molecular weight is 446 g/mol. The topological polar surface area (TPSA) is 98.7 Å². The minimum Gasteiger partial charge on any atom is -0.483 e. The van der Waals surface area contributed by atoms with Crippen molar-refractivity contribution in [3.05, 3.63) is 64.2 Å². The fourth-order valence-electron chi connectivity index (χ4n) is 3.32. The van der Waals surface area contributed by atoms with Crippen molar-refractivity contribution in [2.24, 2.45) is 0 Å². The van der Waals surface area contributed by atoms with Crippen LogP contribution in [0.5, 0.6) is 0 Å². The number of carbonyl (C=O) groups is 3. The standard InChI is InChI=1S/C22H26ClN3O2.CH2O2/c1-16-4-7-18(22(28)24-10-13-26-11-2-3-12-26)15-20(16)25-21(27)14-17-5-8-19(23)9-6-17;2-1-3/h4-9,15H,2-3,10-14H2,1H3,(H,24,28)(H,25,27);1H,(H,2,3). The molecule has 0 aromatic heterocycles. The van der Waals surface area contributed by atoms with Crippen LogP contribution in [-0.4, -0.2) is 54.5 Å². The maximum Gasteiger partial charge on any atom is 0.290 e. The molecule has 3 N–H and O–H groups in total. The second-order valence-electron chi connectivity index (χ2n) is 7.29. The van der Waals surface area contributed by atoms with Crippen molar-refractivity contribution in [2.45, 2.75) is 26.2 Å². The predicted octanol–water partition coefficient (Wildman–Crippen LogP) is 3.36. The van der Waals surface area contributed by atoms with Crippen LogP contribution in [0.2, 0.25) is 5.02 Å². The third-order valence-corrected chi connectivity index (χ3v) is 5.22. The van der Waals surface area contributed by atoms with Gasteiger partial charge in [-0.3, -0.25) is 14.4 Å². The van der Waals surface area contributed by atoms with Gasteiger partial charge >= 0.3 is 0 Å². The normalized spacial score (nSPS) is 13.1. The summed E-state index contributed by atoms with van der Waals surface area (Å²) in [5, 5.41) is 13.4. The summed E-state index contributed by atoms with van der Waals surface area (Å²) < 4.78 is 0. The molecule has 1 fully saturated rings. The molecule has 0 aliphatic carbocycles. The molecule has 1 heterocycles. The summed E-state index contributed by atoms with van der Waals surface area (Å²) in [6.07, 6.45) is 2.73. The van der Waals surface area contributed by atoms with Crippen LogP contribution in [0.15, 0.2) is 42.5 Å². The van der Waals surface area contributed by atoms with Crippen LogP contribution >= 0.6 is 11.6 Å². The number of carboxylic acid groups (broad SMARTS) is 1. The van der Waals surface area contributed by atoms with Crippen LogP contribution in [0.25, 0.3) is 0 Å². The monoisotopic (exact) mass is 445 g/mol. The third-order valence-electron chi connectivity index (χ3n) is 4.96. The second-order valence-corrected chi connectivity index (χ2v) is 7.73. The van der Waals surface area contributed by atoms with E-state index >= 15 is 0 Å². The van der Waals surface area contributed by atoms with Gasteiger partial charge in [-0.25, -0.2) is 0 Å². The summed E-state index contributed by atoms with van der Waals surface area (Å²) in [7, 11) is 0. The molecular weight excluding hydrogens is 418 g/mol. The third kappa shape index (κ3) is 8.39. The molecule has 2 aromatic rings. The maximum absolute atomic E-state index is 12.4. The van der Waals surface area contributed by atoms with Crippen LogP contribution in [0.3, 0.4) is 0 Å². The highest BCUT2D eigenvalue weighted by Gasteiger charge is 2.13. The number of aryl methyl sites for hydroxylation is 1. The number of likely N-dealkylation sites (tertiary alicyclic amines) is 1. The van der Waals surface area contributed by atoms with E-state index in [4.69, 9.17) is 21.5 Å². The molecular formula is C23H28ClN3O4. The highest BCUT2D eigenvalue weighted by Crippen LogP contribution is 2.18. The number of nitrogens with zero attached hydrogens (tertiary/aromatic N) is 1. The largest absolute Gasteiger partial charge is 0.483 e. The Balaban J connectivity index is 0.00000107. The molecule has 0 unspecified atom stereocenters. The molecule has 3 rings (SSSR count). The smallest absolute Gasteiger partial charge is 0.290 e. The first kappa shape index (κ1) is 24.4. The van der Waals surface area contributed by atoms with Crippen molar-refractivity contribution in [3.8, 4) is 0 Å². The van der Waals surface area contributed by atoms with E-state index in [2.05, 4.69) is 15.5 Å². The number of amides is 2. The van der Waals surface area contributed by atoms with Crippen LogP contribution in [-0.2, 0) is 16.0 Å². The minimum absolute atomic E-state index is 0.118. The van der Waals surface area contributed by atoms with Gasteiger partial charge in [0, 0.05) is 29.4 Å². The molecule has 166 valence electrons. The molecule has 31 heavy (non-hydrogen) atoms. The molecule has 7 nitrogen and oxygen atoms in total. The van der Waals surface area contributed by atoms with E-state index in [0.717, 1.165) is 30.8 Å². The Bertz CT molecular complexity index is 881. The van der Waals surface area contributed by atoms with E-state index in [0.29, 0.717) is 22.8 Å². The van der Waals surface area contributed by atoms with Crippen LogP contribution in [0, 0.1) is 6.92 Å². The Morgan fingerprint density at radius 2 is 1.77 bits per heavy atom. The SMILES string of the molecule is Cc1ccc(C(=O)NCCN2CCCC2)cc1NC(=O)Cc1ccc(Cl)cc1.O=CO. The van der Waals surface area contributed by atoms with Gasteiger partial charge in [-0.2, -0.15) is 0 Å². The molecule has 8 heteroatoms. The van der Waals surface area contributed by atoms with Crippen molar-refractivity contribution >= 4 is 35.6 Å². The molecule has 0 spiro atoms. The first-order chi connectivity index (χ1) is 14.9. The number of benzene rings is 2. The number of nitrogens with one attached hydrogen (secondary N) is 2. The highest BCUT2D eigenvalue weighted by molar-refractivity contribution is 6.30. The summed E-state index contributed by atoms with van der Waals surface area (Å²) in [6.45, 7) is 5.40. The van der Waals surface area contributed by atoms with E-state index in [1.807, 2.05) is 25.1 Å². The van der Waals surface area contributed by atoms with Crippen molar-refractivity contribution < 1.29 is 19.5 Å². The molecule has 0 radical (unpaired) electrons. The molecule has 0 atom stereocenters. The minimum atomic E-state index is -0.250. The summed E-state index contributed by atoms with van der Waals surface area (Å²) in [5.41, 5.74) is 3.01. The number of carbonyl (C=O) groups excluding carboxylic acids is 2. The molecule has 1 aliphatic rings. The lowest BCUT2D eigenvalue weighted by Crippen LogP contribution is -2.33. The molecule has 2 amide bonds. The summed E-state index contributed by atoms with van der Waals surface area (Å²) >= 11 is 5.88. The van der Waals surface area contributed by atoms with Crippen molar-refractivity contribution in [2.75, 3.05) is 31.5 Å². The fourth-order valence-corrected chi connectivity index (χ4v) is 3.44. The quantitative estimate of drug-likeness (QED) is 0.567. The van der Waals surface area contributed by atoms with Crippen molar-refractivity contribution in [1.82, 2.24) is 10.2 Å². The lowest BCUT2D eigenvalue weighted by molar-refractivity contribution is -0.123. The molecule has 2 aromatic carbocycles.